The summed E-state index contributed by atoms with van der Waals surface area (Å²) in [4.78, 5) is 0. The van der Waals surface area contributed by atoms with E-state index in [0.717, 1.165) is 32.3 Å². The smallest absolute Gasteiger partial charge is 0.0544 e. The number of hydrogen-bond acceptors (Lipinski definition) is 2. The molecule has 0 fully saturated rings. The van der Waals surface area contributed by atoms with Crippen LogP contribution >= 0.6 is 0 Å². The summed E-state index contributed by atoms with van der Waals surface area (Å²) in [5.74, 6) is 0. The maximum Gasteiger partial charge on any atom is 0.0544 e. The van der Waals surface area contributed by atoms with E-state index in [0.29, 0.717) is 12.1 Å². The molecular weight excluding hydrogens is 150 g/mol. The Morgan fingerprint density at radius 3 is 2.42 bits per heavy atom. The van der Waals surface area contributed by atoms with Crippen LogP contribution < -0.4 is 5.73 Å². The topological polar surface area (TPSA) is 35.2 Å². The lowest BCUT2D eigenvalue weighted by Crippen LogP contribution is -2.19. The summed E-state index contributed by atoms with van der Waals surface area (Å²) in [6.45, 7) is 7.24. The van der Waals surface area contributed by atoms with E-state index in [1.165, 1.54) is 0 Å². The van der Waals surface area contributed by atoms with Gasteiger partial charge in [0, 0.05) is 12.6 Å². The minimum Gasteiger partial charge on any atom is -0.379 e. The van der Waals surface area contributed by atoms with Gasteiger partial charge in [-0.05, 0) is 32.6 Å². The molecule has 0 rings (SSSR count). The zero-order chi connectivity index (χ0) is 9.40. The molecule has 0 bridgehead atoms. The van der Waals surface area contributed by atoms with Crippen LogP contribution in [0.4, 0.5) is 0 Å². The Kier molecular flexibility index (Phi) is 7.51. The van der Waals surface area contributed by atoms with Gasteiger partial charge in [-0.1, -0.05) is 13.8 Å². The molecule has 0 aromatic carbocycles. The van der Waals surface area contributed by atoms with Gasteiger partial charge in [-0.2, -0.15) is 0 Å². The molecule has 2 unspecified atom stereocenters. The number of ether oxygens (including phenoxy) is 1. The molecule has 2 atom stereocenters. The van der Waals surface area contributed by atoms with Crippen LogP contribution in [-0.2, 0) is 4.74 Å². The molecule has 0 aliphatic carbocycles. The molecule has 74 valence electrons. The zero-order valence-electron chi connectivity index (χ0n) is 8.68. The van der Waals surface area contributed by atoms with E-state index < -0.39 is 0 Å². The van der Waals surface area contributed by atoms with Gasteiger partial charge in [0.05, 0.1) is 6.10 Å². The van der Waals surface area contributed by atoms with E-state index in [-0.39, 0.29) is 0 Å². The highest BCUT2D eigenvalue weighted by molar-refractivity contribution is 4.57. The minimum atomic E-state index is 0.366. The molecule has 0 radical (unpaired) electrons. The van der Waals surface area contributed by atoms with Crippen molar-refractivity contribution in [1.29, 1.82) is 0 Å². The van der Waals surface area contributed by atoms with Crippen LogP contribution in [0, 0.1) is 0 Å². The fraction of sp³-hybridized carbons (Fsp3) is 1.00. The van der Waals surface area contributed by atoms with Gasteiger partial charge in [-0.25, -0.2) is 0 Å². The first-order valence-corrected chi connectivity index (χ1v) is 5.07. The van der Waals surface area contributed by atoms with Crippen LogP contribution in [0.25, 0.3) is 0 Å². The van der Waals surface area contributed by atoms with Gasteiger partial charge in [0.15, 0.2) is 0 Å². The Labute approximate surface area is 76.5 Å². The first-order chi connectivity index (χ1) is 5.70. The second-order valence-electron chi connectivity index (χ2n) is 3.40. The molecule has 0 aromatic rings. The molecule has 2 nitrogen and oxygen atoms in total. The normalized spacial score (nSPS) is 16.0. The van der Waals surface area contributed by atoms with Crippen LogP contribution in [0.2, 0.25) is 0 Å². The van der Waals surface area contributed by atoms with Crippen LogP contribution in [0.1, 0.15) is 46.5 Å². The molecule has 0 spiro atoms. The molecule has 2 heteroatoms. The lowest BCUT2D eigenvalue weighted by molar-refractivity contribution is 0.0602. The maximum absolute atomic E-state index is 5.77. The standard InChI is InChI=1S/C10H23NO/c1-4-9(3)12-8-6-7-10(11)5-2/h9-10H,4-8,11H2,1-3H3. The fourth-order valence-corrected chi connectivity index (χ4v) is 0.952. The van der Waals surface area contributed by atoms with Crippen molar-refractivity contribution in [1.82, 2.24) is 0 Å². The van der Waals surface area contributed by atoms with E-state index in [2.05, 4.69) is 20.8 Å². The predicted octanol–water partition coefficient (Wildman–Crippen LogP) is 2.32. The van der Waals surface area contributed by atoms with Crippen LogP contribution in [0.3, 0.4) is 0 Å². The lowest BCUT2D eigenvalue weighted by atomic mass is 10.1. The minimum absolute atomic E-state index is 0.366. The average Bonchev–Trinajstić information content (AvgIpc) is 2.11. The van der Waals surface area contributed by atoms with Gasteiger partial charge >= 0.3 is 0 Å². The summed E-state index contributed by atoms with van der Waals surface area (Å²) in [7, 11) is 0. The molecule has 0 aromatic heterocycles. The number of hydrogen-bond donors (Lipinski definition) is 1. The van der Waals surface area contributed by atoms with Gasteiger partial charge in [0.1, 0.15) is 0 Å². The van der Waals surface area contributed by atoms with E-state index in [9.17, 15) is 0 Å². The van der Waals surface area contributed by atoms with E-state index in [1.54, 1.807) is 0 Å². The number of nitrogens with two attached hydrogens (primary N) is 1. The Morgan fingerprint density at radius 2 is 1.92 bits per heavy atom. The van der Waals surface area contributed by atoms with Crippen molar-refractivity contribution in [2.45, 2.75) is 58.6 Å². The fourth-order valence-electron chi connectivity index (χ4n) is 0.952. The summed E-state index contributed by atoms with van der Waals surface area (Å²) < 4.78 is 5.53. The monoisotopic (exact) mass is 173 g/mol. The summed E-state index contributed by atoms with van der Waals surface area (Å²) >= 11 is 0. The van der Waals surface area contributed by atoms with Crippen molar-refractivity contribution in [2.24, 2.45) is 5.73 Å². The molecule has 2 N–H and O–H groups in total. The van der Waals surface area contributed by atoms with E-state index in [4.69, 9.17) is 10.5 Å². The predicted molar refractivity (Wildman–Crippen MR) is 53.2 cm³/mol. The summed E-state index contributed by atoms with van der Waals surface area (Å²) in [6, 6.07) is 0.366. The van der Waals surface area contributed by atoms with Crippen LogP contribution in [-0.4, -0.2) is 18.8 Å². The van der Waals surface area contributed by atoms with Crippen molar-refractivity contribution in [3.8, 4) is 0 Å². The molecule has 0 aliphatic heterocycles. The first-order valence-electron chi connectivity index (χ1n) is 5.07. The van der Waals surface area contributed by atoms with Gasteiger partial charge in [0.25, 0.3) is 0 Å². The highest BCUT2D eigenvalue weighted by Gasteiger charge is 2.00. The maximum atomic E-state index is 5.77. The second kappa shape index (κ2) is 7.56. The Bertz CT molecular complexity index is 83.8. The van der Waals surface area contributed by atoms with E-state index in [1.807, 2.05) is 0 Å². The van der Waals surface area contributed by atoms with E-state index >= 15 is 0 Å². The van der Waals surface area contributed by atoms with Gasteiger partial charge in [-0.15, -0.1) is 0 Å². The highest BCUT2D eigenvalue weighted by atomic mass is 16.5. The molecule has 0 aliphatic rings. The largest absolute Gasteiger partial charge is 0.379 e. The summed E-state index contributed by atoms with van der Waals surface area (Å²) in [6.07, 6.45) is 4.76. The summed E-state index contributed by atoms with van der Waals surface area (Å²) in [5, 5.41) is 0. The van der Waals surface area contributed by atoms with Crippen LogP contribution in [0.5, 0.6) is 0 Å². The second-order valence-corrected chi connectivity index (χ2v) is 3.40. The molecular formula is C10H23NO. The van der Waals surface area contributed by atoms with Crippen molar-refractivity contribution in [3.05, 3.63) is 0 Å². The van der Waals surface area contributed by atoms with Crippen molar-refractivity contribution >= 4 is 0 Å². The number of rotatable bonds is 7. The van der Waals surface area contributed by atoms with Gasteiger partial charge < -0.3 is 10.5 Å². The third kappa shape index (κ3) is 6.62. The lowest BCUT2D eigenvalue weighted by Gasteiger charge is -2.12. The van der Waals surface area contributed by atoms with Gasteiger partial charge in [0.2, 0.25) is 0 Å². The quantitative estimate of drug-likeness (QED) is 0.600. The SMILES string of the molecule is CCC(N)CCCOC(C)CC. The molecule has 0 saturated heterocycles. The Balaban J connectivity index is 3.10. The van der Waals surface area contributed by atoms with Crippen molar-refractivity contribution in [2.75, 3.05) is 6.61 Å². The zero-order valence-corrected chi connectivity index (χ0v) is 8.68. The molecule has 0 heterocycles. The molecule has 0 amide bonds. The van der Waals surface area contributed by atoms with Crippen molar-refractivity contribution < 1.29 is 4.74 Å². The Morgan fingerprint density at radius 1 is 1.25 bits per heavy atom. The summed E-state index contributed by atoms with van der Waals surface area (Å²) in [5.41, 5.74) is 5.77. The molecule has 12 heavy (non-hydrogen) atoms. The average molecular weight is 173 g/mol. The third-order valence-electron chi connectivity index (χ3n) is 2.22. The van der Waals surface area contributed by atoms with Crippen molar-refractivity contribution in [3.63, 3.8) is 0 Å². The Hall–Kier alpha value is -0.0800. The first kappa shape index (κ1) is 11.9. The highest BCUT2D eigenvalue weighted by Crippen LogP contribution is 2.01. The molecule has 0 saturated carbocycles. The van der Waals surface area contributed by atoms with Crippen LogP contribution in [0.15, 0.2) is 0 Å². The van der Waals surface area contributed by atoms with Gasteiger partial charge in [-0.3, -0.25) is 0 Å². The third-order valence-corrected chi connectivity index (χ3v) is 2.22.